The Balaban J connectivity index is 2.12. The minimum atomic E-state index is 0.230. The van der Waals surface area contributed by atoms with Crippen molar-refractivity contribution in [3.8, 4) is 0 Å². The predicted molar refractivity (Wildman–Crippen MR) is 58.9 cm³/mol. The van der Waals surface area contributed by atoms with Gasteiger partial charge in [0.05, 0.1) is 0 Å². The zero-order valence-corrected chi connectivity index (χ0v) is 9.49. The Bertz CT molecular complexity index is 342. The molecule has 82 valence electrons. The van der Waals surface area contributed by atoms with Crippen molar-refractivity contribution >= 4 is 5.78 Å². The van der Waals surface area contributed by atoms with Gasteiger partial charge < -0.3 is 4.57 Å². The molecule has 0 atom stereocenters. The van der Waals surface area contributed by atoms with Crippen LogP contribution in [0, 0.1) is 12.8 Å². The Morgan fingerprint density at radius 2 is 2.07 bits per heavy atom. The molecule has 2 rings (SSSR count). The lowest BCUT2D eigenvalue weighted by Gasteiger charge is -2.18. The van der Waals surface area contributed by atoms with Crippen LogP contribution in [-0.4, -0.2) is 15.3 Å². The average Bonchev–Trinajstić information content (AvgIpc) is 2.59. The van der Waals surface area contributed by atoms with Gasteiger partial charge in [-0.15, -0.1) is 0 Å². The van der Waals surface area contributed by atoms with E-state index in [0.29, 0.717) is 5.69 Å². The molecule has 1 aliphatic carbocycles. The van der Waals surface area contributed by atoms with Crippen molar-refractivity contribution in [1.82, 2.24) is 9.55 Å². The van der Waals surface area contributed by atoms with Crippen LogP contribution in [0.25, 0.3) is 0 Å². The molecule has 0 saturated heterocycles. The summed E-state index contributed by atoms with van der Waals surface area (Å²) in [5.41, 5.74) is 0.655. The van der Waals surface area contributed by atoms with Gasteiger partial charge in [0.2, 0.25) is 0 Å². The number of ketones is 1. The Labute approximate surface area is 90.5 Å². The van der Waals surface area contributed by atoms with E-state index in [2.05, 4.69) is 4.98 Å². The van der Waals surface area contributed by atoms with Crippen molar-refractivity contribution in [3.05, 3.63) is 17.7 Å². The number of carbonyl (C=O) groups excluding carboxylic acids is 1. The summed E-state index contributed by atoms with van der Waals surface area (Å²) < 4.78 is 1.91. The molecule has 1 fully saturated rings. The zero-order valence-electron chi connectivity index (χ0n) is 9.49. The number of nitrogens with zero attached hydrogens (tertiary/aromatic N) is 2. The molecule has 0 N–H and O–H groups in total. The number of carbonyl (C=O) groups is 1. The van der Waals surface area contributed by atoms with Crippen LogP contribution < -0.4 is 0 Å². The van der Waals surface area contributed by atoms with Gasteiger partial charge in [-0.2, -0.15) is 0 Å². The van der Waals surface area contributed by atoms with Crippen LogP contribution in [-0.2, 0) is 7.05 Å². The maximum absolute atomic E-state index is 12.1. The van der Waals surface area contributed by atoms with Crippen molar-refractivity contribution in [1.29, 1.82) is 0 Å². The van der Waals surface area contributed by atoms with Crippen LogP contribution in [0.3, 0.4) is 0 Å². The molecule has 0 amide bonds. The van der Waals surface area contributed by atoms with Gasteiger partial charge in [0.1, 0.15) is 11.5 Å². The minimum absolute atomic E-state index is 0.230. The van der Waals surface area contributed by atoms with Crippen LogP contribution in [0.5, 0.6) is 0 Å². The molecule has 1 saturated carbocycles. The lowest BCUT2D eigenvalue weighted by molar-refractivity contribution is 0.0884. The Morgan fingerprint density at radius 3 is 2.60 bits per heavy atom. The van der Waals surface area contributed by atoms with Gasteiger partial charge >= 0.3 is 0 Å². The highest BCUT2D eigenvalue weighted by atomic mass is 16.1. The molecule has 0 radical (unpaired) electrons. The first-order valence-corrected chi connectivity index (χ1v) is 5.72. The van der Waals surface area contributed by atoms with Gasteiger partial charge in [-0.25, -0.2) is 4.98 Å². The lowest BCUT2D eigenvalue weighted by atomic mass is 9.85. The van der Waals surface area contributed by atoms with E-state index in [1.807, 2.05) is 24.7 Å². The third-order valence-corrected chi connectivity index (χ3v) is 3.34. The standard InChI is InChI=1S/C12H18N2O/c1-9-13-11(8-14(9)2)12(15)10-6-4-3-5-7-10/h8,10H,3-7H2,1-2H3. The zero-order chi connectivity index (χ0) is 10.8. The second kappa shape index (κ2) is 4.17. The molecule has 3 nitrogen and oxygen atoms in total. The fourth-order valence-electron chi connectivity index (χ4n) is 2.25. The predicted octanol–water partition coefficient (Wildman–Crippen LogP) is 2.49. The average molecular weight is 206 g/mol. The molecule has 1 aliphatic rings. The van der Waals surface area contributed by atoms with E-state index in [1.54, 1.807) is 0 Å². The first-order valence-electron chi connectivity index (χ1n) is 5.72. The van der Waals surface area contributed by atoms with E-state index in [-0.39, 0.29) is 11.7 Å². The maximum atomic E-state index is 12.1. The van der Waals surface area contributed by atoms with Gasteiger partial charge in [-0.05, 0) is 19.8 Å². The number of Topliss-reactive ketones (excluding diaryl/α,β-unsaturated/α-hetero) is 1. The third-order valence-electron chi connectivity index (χ3n) is 3.34. The van der Waals surface area contributed by atoms with Gasteiger partial charge in [0, 0.05) is 19.2 Å². The number of imidazole rings is 1. The topological polar surface area (TPSA) is 34.9 Å². The monoisotopic (exact) mass is 206 g/mol. The molecule has 0 spiro atoms. The Morgan fingerprint density at radius 1 is 1.40 bits per heavy atom. The molecule has 0 aromatic carbocycles. The molecular weight excluding hydrogens is 188 g/mol. The highest BCUT2D eigenvalue weighted by Crippen LogP contribution is 2.26. The summed E-state index contributed by atoms with van der Waals surface area (Å²) in [6, 6.07) is 0. The Hall–Kier alpha value is -1.12. The molecule has 0 unspecified atom stereocenters. The molecule has 1 aromatic rings. The summed E-state index contributed by atoms with van der Waals surface area (Å²) in [7, 11) is 1.93. The van der Waals surface area contributed by atoms with Crippen LogP contribution in [0.2, 0.25) is 0 Å². The quantitative estimate of drug-likeness (QED) is 0.697. The van der Waals surface area contributed by atoms with Crippen LogP contribution >= 0.6 is 0 Å². The minimum Gasteiger partial charge on any atom is -0.337 e. The Kier molecular flexibility index (Phi) is 2.89. The first kappa shape index (κ1) is 10.4. The summed E-state index contributed by atoms with van der Waals surface area (Å²) in [4.78, 5) is 16.4. The fraction of sp³-hybridized carbons (Fsp3) is 0.667. The van der Waals surface area contributed by atoms with Crippen LogP contribution in [0.1, 0.15) is 48.4 Å². The first-order chi connectivity index (χ1) is 7.18. The van der Waals surface area contributed by atoms with Gasteiger partial charge in [0.25, 0.3) is 0 Å². The number of hydrogen-bond acceptors (Lipinski definition) is 2. The highest BCUT2D eigenvalue weighted by molar-refractivity contribution is 5.96. The summed E-state index contributed by atoms with van der Waals surface area (Å²) in [5, 5.41) is 0. The number of aryl methyl sites for hydroxylation is 2. The summed E-state index contributed by atoms with van der Waals surface area (Å²) in [6.45, 7) is 1.93. The molecular formula is C12H18N2O. The second-order valence-electron chi connectivity index (χ2n) is 4.48. The smallest absolute Gasteiger partial charge is 0.185 e. The van der Waals surface area contributed by atoms with Crippen LogP contribution in [0.15, 0.2) is 6.20 Å². The highest BCUT2D eigenvalue weighted by Gasteiger charge is 2.24. The fourth-order valence-corrected chi connectivity index (χ4v) is 2.25. The molecule has 15 heavy (non-hydrogen) atoms. The molecule has 1 heterocycles. The summed E-state index contributed by atoms with van der Waals surface area (Å²) >= 11 is 0. The van der Waals surface area contributed by atoms with E-state index < -0.39 is 0 Å². The van der Waals surface area contributed by atoms with Gasteiger partial charge in [-0.3, -0.25) is 4.79 Å². The van der Waals surface area contributed by atoms with E-state index in [4.69, 9.17) is 0 Å². The third kappa shape index (κ3) is 2.11. The molecule has 1 aromatic heterocycles. The van der Waals surface area contributed by atoms with E-state index >= 15 is 0 Å². The van der Waals surface area contributed by atoms with Crippen LogP contribution in [0.4, 0.5) is 0 Å². The van der Waals surface area contributed by atoms with E-state index in [1.165, 1.54) is 19.3 Å². The number of aromatic nitrogens is 2. The summed E-state index contributed by atoms with van der Waals surface area (Å²) in [5.74, 6) is 1.39. The van der Waals surface area contributed by atoms with E-state index in [9.17, 15) is 4.79 Å². The SMILES string of the molecule is Cc1nc(C(=O)C2CCCCC2)cn1C. The molecule has 0 aliphatic heterocycles. The van der Waals surface area contributed by atoms with Crippen molar-refractivity contribution in [3.63, 3.8) is 0 Å². The van der Waals surface area contributed by atoms with Gasteiger partial charge in [-0.1, -0.05) is 19.3 Å². The maximum Gasteiger partial charge on any atom is 0.185 e. The lowest BCUT2D eigenvalue weighted by Crippen LogP contribution is -2.18. The number of rotatable bonds is 2. The van der Waals surface area contributed by atoms with Crippen molar-refractivity contribution < 1.29 is 4.79 Å². The number of hydrogen-bond donors (Lipinski definition) is 0. The summed E-state index contributed by atoms with van der Waals surface area (Å²) in [6.07, 6.45) is 7.63. The largest absolute Gasteiger partial charge is 0.337 e. The van der Waals surface area contributed by atoms with E-state index in [0.717, 1.165) is 18.7 Å². The van der Waals surface area contributed by atoms with Crippen molar-refractivity contribution in [2.24, 2.45) is 13.0 Å². The van der Waals surface area contributed by atoms with Crippen molar-refractivity contribution in [2.75, 3.05) is 0 Å². The second-order valence-corrected chi connectivity index (χ2v) is 4.48. The van der Waals surface area contributed by atoms with Crippen molar-refractivity contribution in [2.45, 2.75) is 39.0 Å². The molecule has 0 bridgehead atoms. The normalized spacial score (nSPS) is 18.0. The van der Waals surface area contributed by atoms with Gasteiger partial charge in [0.15, 0.2) is 5.78 Å². The molecule has 3 heteroatoms.